The summed E-state index contributed by atoms with van der Waals surface area (Å²) in [5, 5.41) is 9.09. The van der Waals surface area contributed by atoms with Crippen molar-refractivity contribution in [3.63, 3.8) is 0 Å². The Morgan fingerprint density at radius 3 is 2.75 bits per heavy atom. The summed E-state index contributed by atoms with van der Waals surface area (Å²) in [6, 6.07) is 0. The molecule has 1 unspecified atom stereocenters. The molecule has 0 fully saturated rings. The molecule has 0 aromatic heterocycles. The topological polar surface area (TPSA) is 40.5 Å². The van der Waals surface area contributed by atoms with Crippen molar-refractivity contribution in [3.8, 4) is 0 Å². The molecule has 0 aliphatic carbocycles. The van der Waals surface area contributed by atoms with E-state index in [4.69, 9.17) is 28.3 Å². The molecule has 1 aliphatic heterocycles. The van der Waals surface area contributed by atoms with Crippen LogP contribution in [0.4, 0.5) is 0 Å². The highest BCUT2D eigenvalue weighted by molar-refractivity contribution is 6.31. The van der Waals surface area contributed by atoms with Gasteiger partial charge in [-0.15, -0.1) is 0 Å². The minimum atomic E-state index is -1.03. The maximum Gasteiger partial charge on any atom is 0.334 e. The van der Waals surface area contributed by atoms with E-state index in [1.165, 1.54) is 17.1 Å². The number of carboxylic acids is 1. The fourth-order valence-electron chi connectivity index (χ4n) is 0.846. The molecule has 66 valence electrons. The van der Waals surface area contributed by atoms with Crippen LogP contribution in [-0.4, -0.2) is 28.5 Å². The predicted octanol–water partition coefficient (Wildman–Crippen LogP) is 1.59. The lowest BCUT2D eigenvalue weighted by Gasteiger charge is -2.27. The van der Waals surface area contributed by atoms with E-state index in [0.29, 0.717) is 5.16 Å². The summed E-state index contributed by atoms with van der Waals surface area (Å²) >= 11 is 11.5. The van der Waals surface area contributed by atoms with Gasteiger partial charge in [0.2, 0.25) is 0 Å². The van der Waals surface area contributed by atoms with Crippen molar-refractivity contribution in [3.05, 3.63) is 22.9 Å². The van der Waals surface area contributed by atoms with Crippen LogP contribution >= 0.6 is 23.2 Å². The first-order chi connectivity index (χ1) is 5.54. The number of allylic oxidation sites excluding steroid dienone is 2. The second-order valence-electron chi connectivity index (χ2n) is 2.36. The summed E-state index contributed by atoms with van der Waals surface area (Å²) in [5.74, 6) is -1.03. The van der Waals surface area contributed by atoms with Crippen LogP contribution < -0.4 is 0 Å². The highest BCUT2D eigenvalue weighted by Gasteiger charge is 2.25. The van der Waals surface area contributed by atoms with Crippen LogP contribution in [0.5, 0.6) is 0 Å². The van der Waals surface area contributed by atoms with Gasteiger partial charge >= 0.3 is 5.97 Å². The van der Waals surface area contributed by atoms with Crippen LogP contribution in [-0.2, 0) is 4.79 Å². The molecule has 3 nitrogen and oxygen atoms in total. The summed E-state index contributed by atoms with van der Waals surface area (Å²) in [6.45, 7) is 0. The number of rotatable bonds is 1. The second kappa shape index (κ2) is 3.37. The van der Waals surface area contributed by atoms with Crippen LogP contribution in [0.1, 0.15) is 0 Å². The van der Waals surface area contributed by atoms with E-state index in [-0.39, 0.29) is 5.57 Å². The van der Waals surface area contributed by atoms with E-state index in [1.807, 2.05) is 0 Å². The third-order valence-electron chi connectivity index (χ3n) is 1.58. The van der Waals surface area contributed by atoms with Gasteiger partial charge in [-0.25, -0.2) is 4.79 Å². The van der Waals surface area contributed by atoms with E-state index < -0.39 is 11.5 Å². The van der Waals surface area contributed by atoms with Gasteiger partial charge in [0.15, 0.2) is 0 Å². The minimum absolute atomic E-state index is 0.128. The molecule has 0 saturated carbocycles. The van der Waals surface area contributed by atoms with Crippen molar-refractivity contribution in [2.75, 3.05) is 7.05 Å². The normalized spacial score (nSPS) is 23.2. The number of carbonyl (C=O) groups is 1. The summed E-state index contributed by atoms with van der Waals surface area (Å²) in [6.07, 6.45) is 2.91. The highest BCUT2D eigenvalue weighted by atomic mass is 35.5. The lowest BCUT2D eigenvalue weighted by Crippen LogP contribution is -2.31. The number of hydrogen-bond acceptors (Lipinski definition) is 2. The van der Waals surface area contributed by atoms with E-state index >= 15 is 0 Å². The van der Waals surface area contributed by atoms with E-state index in [2.05, 4.69) is 0 Å². The number of aliphatic carboxylic acids is 1. The van der Waals surface area contributed by atoms with Gasteiger partial charge in [0.1, 0.15) is 10.7 Å². The van der Waals surface area contributed by atoms with Crippen LogP contribution in [0.15, 0.2) is 22.9 Å². The van der Waals surface area contributed by atoms with Crippen molar-refractivity contribution < 1.29 is 9.90 Å². The Bertz CT molecular complexity index is 273. The number of hydrogen-bond donors (Lipinski definition) is 1. The van der Waals surface area contributed by atoms with Crippen molar-refractivity contribution in [2.24, 2.45) is 0 Å². The van der Waals surface area contributed by atoms with E-state index in [0.717, 1.165) is 0 Å². The third-order valence-corrected chi connectivity index (χ3v) is 2.50. The van der Waals surface area contributed by atoms with Crippen LogP contribution in [0.3, 0.4) is 0 Å². The Morgan fingerprint density at radius 1 is 1.67 bits per heavy atom. The first kappa shape index (κ1) is 9.42. The van der Waals surface area contributed by atoms with Gasteiger partial charge in [0.05, 0.1) is 5.57 Å². The zero-order valence-corrected chi connectivity index (χ0v) is 7.80. The van der Waals surface area contributed by atoms with Crippen molar-refractivity contribution in [2.45, 2.75) is 5.50 Å². The molecule has 5 heteroatoms. The number of alkyl halides is 1. The van der Waals surface area contributed by atoms with E-state index in [9.17, 15) is 4.79 Å². The molecule has 0 spiro atoms. The van der Waals surface area contributed by atoms with Gasteiger partial charge in [-0.3, -0.25) is 0 Å². The Kier molecular flexibility index (Phi) is 2.65. The molecule has 0 radical (unpaired) electrons. The fourth-order valence-corrected chi connectivity index (χ4v) is 1.33. The Morgan fingerprint density at radius 2 is 2.25 bits per heavy atom. The Labute approximate surface area is 79.9 Å². The van der Waals surface area contributed by atoms with Gasteiger partial charge < -0.3 is 10.0 Å². The number of likely N-dealkylation sites (N-methyl/N-ethyl adjacent to an activating group) is 1. The summed E-state index contributed by atoms with van der Waals surface area (Å²) in [7, 11) is 1.63. The Balaban J connectivity index is 2.97. The summed E-state index contributed by atoms with van der Waals surface area (Å²) in [5.41, 5.74) is -0.566. The smallest absolute Gasteiger partial charge is 0.334 e. The minimum Gasteiger partial charge on any atom is -0.478 e. The van der Waals surface area contributed by atoms with Crippen LogP contribution in [0.25, 0.3) is 0 Å². The molecule has 0 amide bonds. The van der Waals surface area contributed by atoms with Crippen LogP contribution in [0, 0.1) is 0 Å². The first-order valence-electron chi connectivity index (χ1n) is 3.21. The average molecular weight is 208 g/mol. The molecule has 12 heavy (non-hydrogen) atoms. The monoisotopic (exact) mass is 207 g/mol. The molecule has 1 N–H and O–H groups in total. The zero-order valence-electron chi connectivity index (χ0n) is 6.29. The molecular weight excluding hydrogens is 201 g/mol. The van der Waals surface area contributed by atoms with Crippen molar-refractivity contribution in [1.82, 2.24) is 4.90 Å². The van der Waals surface area contributed by atoms with Gasteiger partial charge in [-0.1, -0.05) is 23.2 Å². The molecular formula is C7H7Cl2NO2. The first-order valence-corrected chi connectivity index (χ1v) is 4.03. The summed E-state index contributed by atoms with van der Waals surface area (Å²) < 4.78 is 0. The average Bonchev–Trinajstić information content (AvgIpc) is 2.00. The quantitative estimate of drug-likeness (QED) is 0.525. The SMILES string of the molecule is CN1C(Cl)=CC=C(C(=O)O)C1Cl. The van der Waals surface area contributed by atoms with Gasteiger partial charge in [0.25, 0.3) is 0 Å². The van der Waals surface area contributed by atoms with Crippen molar-refractivity contribution in [1.29, 1.82) is 0 Å². The maximum atomic E-state index is 10.6. The molecule has 0 aromatic carbocycles. The molecule has 1 rings (SSSR count). The maximum absolute atomic E-state index is 10.6. The lowest BCUT2D eigenvalue weighted by molar-refractivity contribution is -0.133. The molecule has 1 heterocycles. The Hall–Kier alpha value is -0.670. The molecule has 0 saturated heterocycles. The van der Waals surface area contributed by atoms with Gasteiger partial charge in [-0.05, 0) is 12.2 Å². The van der Waals surface area contributed by atoms with Crippen LogP contribution in [0.2, 0.25) is 0 Å². The predicted molar refractivity (Wildman–Crippen MR) is 47.1 cm³/mol. The third kappa shape index (κ3) is 1.57. The number of halogens is 2. The van der Waals surface area contributed by atoms with Gasteiger partial charge in [0, 0.05) is 7.05 Å². The standard InChI is InChI=1S/C7H7Cl2NO2/c1-10-5(8)3-2-4(6(10)9)7(11)12/h2-3,6H,1H3,(H,11,12). The number of carboxylic acid groups (broad SMARTS) is 1. The zero-order chi connectivity index (χ0) is 9.30. The molecule has 0 aromatic rings. The molecule has 1 aliphatic rings. The summed E-state index contributed by atoms with van der Waals surface area (Å²) in [4.78, 5) is 12.0. The number of nitrogens with zero attached hydrogens (tertiary/aromatic N) is 1. The molecule has 1 atom stereocenters. The lowest BCUT2D eigenvalue weighted by atomic mass is 10.2. The van der Waals surface area contributed by atoms with Gasteiger partial charge in [-0.2, -0.15) is 0 Å². The molecule has 0 bridgehead atoms. The highest BCUT2D eigenvalue weighted by Crippen LogP contribution is 2.25. The van der Waals surface area contributed by atoms with Crippen molar-refractivity contribution >= 4 is 29.2 Å². The second-order valence-corrected chi connectivity index (χ2v) is 3.16. The largest absolute Gasteiger partial charge is 0.478 e. The fraction of sp³-hybridized carbons (Fsp3) is 0.286. The van der Waals surface area contributed by atoms with E-state index in [1.54, 1.807) is 7.05 Å².